The highest BCUT2D eigenvalue weighted by Gasteiger charge is 2.17. The molecule has 1 rings (SSSR count). The average Bonchev–Trinajstić information content (AvgIpc) is 2.35. The molecule has 0 aromatic heterocycles. The maximum Gasteiger partial charge on any atom is 0.127 e. The minimum atomic E-state index is -0.149. The molecule has 2 atom stereocenters. The Labute approximate surface area is 103 Å². The molecule has 0 saturated carbocycles. The summed E-state index contributed by atoms with van der Waals surface area (Å²) in [6.07, 6.45) is 1.92. The first-order valence-electron chi connectivity index (χ1n) is 6.19. The van der Waals surface area contributed by atoms with Crippen molar-refractivity contribution >= 4 is 0 Å². The second kappa shape index (κ2) is 7.41. The van der Waals surface area contributed by atoms with Crippen LogP contribution in [0.3, 0.4) is 0 Å². The topological polar surface area (TPSA) is 21.3 Å². The predicted molar refractivity (Wildman–Crippen MR) is 68.5 cm³/mol. The second-order valence-electron chi connectivity index (χ2n) is 4.31. The van der Waals surface area contributed by atoms with E-state index in [2.05, 4.69) is 12.2 Å². The van der Waals surface area contributed by atoms with Crippen molar-refractivity contribution in [3.05, 3.63) is 35.6 Å². The summed E-state index contributed by atoms with van der Waals surface area (Å²) < 4.78 is 19.0. The Hall–Kier alpha value is -0.930. The van der Waals surface area contributed by atoms with Gasteiger partial charge in [0.1, 0.15) is 5.82 Å². The molecule has 0 radical (unpaired) electrons. The predicted octanol–water partition coefficient (Wildman–Crippen LogP) is 3.29. The summed E-state index contributed by atoms with van der Waals surface area (Å²) in [5.74, 6) is -0.149. The van der Waals surface area contributed by atoms with E-state index in [1.807, 2.05) is 19.1 Å². The molecule has 0 fully saturated rings. The standard InChI is InChI=1S/C14H22FNO/c1-4-9-16-14(10-11(2)17-3)12-7-5-6-8-13(12)15/h5-8,11,14,16H,4,9-10H2,1-3H3. The van der Waals surface area contributed by atoms with Crippen LogP contribution in [0.4, 0.5) is 4.39 Å². The van der Waals surface area contributed by atoms with E-state index in [0.29, 0.717) is 0 Å². The monoisotopic (exact) mass is 239 g/mol. The highest BCUT2D eigenvalue weighted by Crippen LogP contribution is 2.22. The lowest BCUT2D eigenvalue weighted by molar-refractivity contribution is 0.0999. The van der Waals surface area contributed by atoms with Gasteiger partial charge in [-0.05, 0) is 32.4 Å². The van der Waals surface area contributed by atoms with Crippen molar-refractivity contribution in [3.8, 4) is 0 Å². The average molecular weight is 239 g/mol. The molecule has 3 heteroatoms. The molecule has 0 saturated heterocycles. The van der Waals surface area contributed by atoms with Crippen LogP contribution in [-0.2, 0) is 4.74 Å². The number of hydrogen-bond donors (Lipinski definition) is 1. The Morgan fingerprint density at radius 1 is 1.35 bits per heavy atom. The second-order valence-corrected chi connectivity index (χ2v) is 4.31. The van der Waals surface area contributed by atoms with E-state index in [9.17, 15) is 4.39 Å². The van der Waals surface area contributed by atoms with Crippen LogP contribution in [0.25, 0.3) is 0 Å². The number of rotatable bonds is 7. The van der Waals surface area contributed by atoms with Crippen LogP contribution < -0.4 is 5.32 Å². The van der Waals surface area contributed by atoms with Gasteiger partial charge in [0, 0.05) is 18.7 Å². The molecule has 0 bridgehead atoms. The van der Waals surface area contributed by atoms with Gasteiger partial charge < -0.3 is 10.1 Å². The van der Waals surface area contributed by atoms with E-state index in [4.69, 9.17) is 4.74 Å². The van der Waals surface area contributed by atoms with Gasteiger partial charge in [-0.1, -0.05) is 25.1 Å². The molecule has 0 aliphatic rings. The normalized spacial score (nSPS) is 14.6. The van der Waals surface area contributed by atoms with Gasteiger partial charge in [0.15, 0.2) is 0 Å². The van der Waals surface area contributed by atoms with Crippen molar-refractivity contribution in [1.29, 1.82) is 0 Å². The number of ether oxygens (including phenoxy) is 1. The van der Waals surface area contributed by atoms with Gasteiger partial charge >= 0.3 is 0 Å². The quantitative estimate of drug-likeness (QED) is 0.788. The summed E-state index contributed by atoms with van der Waals surface area (Å²) in [7, 11) is 1.68. The highest BCUT2D eigenvalue weighted by atomic mass is 19.1. The van der Waals surface area contributed by atoms with Crippen LogP contribution >= 0.6 is 0 Å². The maximum atomic E-state index is 13.7. The van der Waals surface area contributed by atoms with Gasteiger partial charge in [-0.15, -0.1) is 0 Å². The van der Waals surface area contributed by atoms with Crippen LogP contribution in [0, 0.1) is 5.82 Å². The Balaban J connectivity index is 2.78. The Morgan fingerprint density at radius 2 is 2.06 bits per heavy atom. The number of nitrogens with one attached hydrogen (secondary N) is 1. The molecule has 0 aliphatic heterocycles. The summed E-state index contributed by atoms with van der Waals surface area (Å²) in [4.78, 5) is 0. The molecule has 1 N–H and O–H groups in total. The molecule has 0 heterocycles. The van der Waals surface area contributed by atoms with Crippen LogP contribution in [0.2, 0.25) is 0 Å². The molecular formula is C14H22FNO. The Morgan fingerprint density at radius 3 is 2.65 bits per heavy atom. The fourth-order valence-corrected chi connectivity index (χ4v) is 1.82. The molecule has 96 valence electrons. The third kappa shape index (κ3) is 4.44. The molecule has 0 spiro atoms. The first-order valence-corrected chi connectivity index (χ1v) is 6.19. The van der Waals surface area contributed by atoms with Crippen LogP contribution in [-0.4, -0.2) is 19.8 Å². The van der Waals surface area contributed by atoms with Crippen molar-refractivity contribution in [1.82, 2.24) is 5.32 Å². The lowest BCUT2D eigenvalue weighted by Gasteiger charge is -2.22. The molecule has 17 heavy (non-hydrogen) atoms. The van der Waals surface area contributed by atoms with Gasteiger partial charge in [-0.3, -0.25) is 0 Å². The van der Waals surface area contributed by atoms with E-state index in [-0.39, 0.29) is 18.0 Å². The fraction of sp³-hybridized carbons (Fsp3) is 0.571. The third-order valence-corrected chi connectivity index (χ3v) is 2.89. The SMILES string of the molecule is CCCNC(CC(C)OC)c1ccccc1F. The number of hydrogen-bond acceptors (Lipinski definition) is 2. The summed E-state index contributed by atoms with van der Waals surface area (Å²) in [5.41, 5.74) is 0.727. The summed E-state index contributed by atoms with van der Waals surface area (Å²) >= 11 is 0. The van der Waals surface area contributed by atoms with Crippen molar-refractivity contribution < 1.29 is 9.13 Å². The van der Waals surface area contributed by atoms with E-state index in [0.717, 1.165) is 24.9 Å². The number of methoxy groups -OCH3 is 1. The van der Waals surface area contributed by atoms with E-state index >= 15 is 0 Å². The minimum absolute atomic E-state index is 0.0195. The molecule has 2 unspecified atom stereocenters. The maximum absolute atomic E-state index is 13.7. The third-order valence-electron chi connectivity index (χ3n) is 2.89. The zero-order chi connectivity index (χ0) is 12.7. The Bertz CT molecular complexity index is 330. The first kappa shape index (κ1) is 14.1. The van der Waals surface area contributed by atoms with Gasteiger partial charge in [0.05, 0.1) is 6.10 Å². The van der Waals surface area contributed by atoms with E-state index < -0.39 is 0 Å². The highest BCUT2D eigenvalue weighted by molar-refractivity contribution is 5.21. The molecule has 1 aromatic carbocycles. The lowest BCUT2D eigenvalue weighted by atomic mass is 10.0. The first-order chi connectivity index (χ1) is 8.19. The van der Waals surface area contributed by atoms with Crippen molar-refractivity contribution in [3.63, 3.8) is 0 Å². The van der Waals surface area contributed by atoms with Gasteiger partial charge in [-0.2, -0.15) is 0 Å². The van der Waals surface area contributed by atoms with Crippen molar-refractivity contribution in [2.24, 2.45) is 0 Å². The molecule has 2 nitrogen and oxygen atoms in total. The van der Waals surface area contributed by atoms with Crippen molar-refractivity contribution in [2.45, 2.75) is 38.8 Å². The van der Waals surface area contributed by atoms with Gasteiger partial charge in [-0.25, -0.2) is 4.39 Å². The molecule has 0 amide bonds. The van der Waals surface area contributed by atoms with Crippen molar-refractivity contribution in [2.75, 3.05) is 13.7 Å². The summed E-state index contributed by atoms with van der Waals surface area (Å²) in [5, 5.41) is 3.37. The van der Waals surface area contributed by atoms with Gasteiger partial charge in [0.25, 0.3) is 0 Å². The van der Waals surface area contributed by atoms with Gasteiger partial charge in [0.2, 0.25) is 0 Å². The van der Waals surface area contributed by atoms with E-state index in [1.54, 1.807) is 13.2 Å². The number of halogens is 1. The fourth-order valence-electron chi connectivity index (χ4n) is 1.82. The van der Waals surface area contributed by atoms with Crippen LogP contribution in [0.15, 0.2) is 24.3 Å². The largest absolute Gasteiger partial charge is 0.382 e. The van der Waals surface area contributed by atoms with E-state index in [1.165, 1.54) is 6.07 Å². The van der Waals surface area contributed by atoms with Crippen LogP contribution in [0.5, 0.6) is 0 Å². The zero-order valence-corrected chi connectivity index (χ0v) is 10.9. The zero-order valence-electron chi connectivity index (χ0n) is 10.9. The number of benzene rings is 1. The minimum Gasteiger partial charge on any atom is -0.382 e. The molecular weight excluding hydrogens is 217 g/mol. The summed E-state index contributed by atoms with van der Waals surface area (Å²) in [6, 6.07) is 6.95. The molecule has 1 aromatic rings. The summed E-state index contributed by atoms with van der Waals surface area (Å²) in [6.45, 7) is 4.99. The van der Waals surface area contributed by atoms with Crippen LogP contribution in [0.1, 0.15) is 38.3 Å². The molecule has 0 aliphatic carbocycles. The Kier molecular flexibility index (Phi) is 6.16. The lowest BCUT2D eigenvalue weighted by Crippen LogP contribution is -2.26. The smallest absolute Gasteiger partial charge is 0.127 e.